The van der Waals surface area contributed by atoms with Gasteiger partial charge in [-0.1, -0.05) is 6.42 Å². The van der Waals surface area contributed by atoms with Gasteiger partial charge in [-0.3, -0.25) is 9.63 Å². The summed E-state index contributed by atoms with van der Waals surface area (Å²) in [5.74, 6) is 0.389. The minimum absolute atomic E-state index is 0.0227. The molecule has 1 aliphatic carbocycles. The van der Waals surface area contributed by atoms with E-state index in [1.807, 2.05) is 0 Å². The molecule has 0 aromatic rings. The number of hydrogen-bond acceptors (Lipinski definition) is 3. The quantitative estimate of drug-likeness (QED) is 0.591. The highest BCUT2D eigenvalue weighted by Crippen LogP contribution is 2.30. The predicted molar refractivity (Wildman–Crippen MR) is 45.0 cm³/mol. The van der Waals surface area contributed by atoms with Crippen LogP contribution in [0.4, 0.5) is 0 Å². The summed E-state index contributed by atoms with van der Waals surface area (Å²) in [6.07, 6.45) is 3.11. The first-order chi connectivity index (χ1) is 5.79. The molecule has 0 radical (unpaired) electrons. The second kappa shape index (κ2) is 4.42. The molecule has 1 fully saturated rings. The Morgan fingerprint density at radius 2 is 2.42 bits per heavy atom. The van der Waals surface area contributed by atoms with E-state index in [0.29, 0.717) is 12.5 Å². The van der Waals surface area contributed by atoms with Crippen molar-refractivity contribution in [2.45, 2.75) is 19.3 Å². The van der Waals surface area contributed by atoms with E-state index in [4.69, 9.17) is 5.73 Å². The lowest BCUT2D eigenvalue weighted by Crippen LogP contribution is -2.34. The zero-order valence-electron chi connectivity index (χ0n) is 7.38. The molecule has 0 saturated heterocycles. The van der Waals surface area contributed by atoms with Crippen molar-refractivity contribution in [2.75, 3.05) is 13.7 Å². The van der Waals surface area contributed by atoms with Gasteiger partial charge in [0.2, 0.25) is 5.91 Å². The monoisotopic (exact) mass is 172 g/mol. The van der Waals surface area contributed by atoms with Crippen LogP contribution in [-0.4, -0.2) is 19.6 Å². The Labute approximate surface area is 72.4 Å². The van der Waals surface area contributed by atoms with Gasteiger partial charge in [0, 0.05) is 5.92 Å². The molecule has 0 bridgehead atoms. The van der Waals surface area contributed by atoms with E-state index in [1.165, 1.54) is 7.11 Å². The van der Waals surface area contributed by atoms with E-state index in [0.717, 1.165) is 19.3 Å². The van der Waals surface area contributed by atoms with Gasteiger partial charge in [-0.25, -0.2) is 5.48 Å². The smallest absolute Gasteiger partial charge is 0.246 e. The zero-order chi connectivity index (χ0) is 8.97. The molecule has 12 heavy (non-hydrogen) atoms. The lowest BCUT2D eigenvalue weighted by molar-refractivity contribution is -0.136. The first-order valence-electron chi connectivity index (χ1n) is 4.32. The van der Waals surface area contributed by atoms with Crippen LogP contribution in [0.15, 0.2) is 0 Å². The van der Waals surface area contributed by atoms with Gasteiger partial charge < -0.3 is 5.73 Å². The molecule has 3 N–H and O–H groups in total. The third-order valence-corrected chi connectivity index (χ3v) is 2.50. The fourth-order valence-corrected chi connectivity index (χ4v) is 1.84. The van der Waals surface area contributed by atoms with Crippen LogP contribution in [0.25, 0.3) is 0 Å². The summed E-state index contributed by atoms with van der Waals surface area (Å²) in [6.45, 7) is 0.599. The Kier molecular flexibility index (Phi) is 3.49. The largest absolute Gasteiger partial charge is 0.330 e. The minimum atomic E-state index is -0.0227. The van der Waals surface area contributed by atoms with Crippen molar-refractivity contribution < 1.29 is 9.63 Å². The SMILES string of the molecule is CONC(=O)C1CCCC1CN. The molecule has 4 heteroatoms. The topological polar surface area (TPSA) is 64.3 Å². The fraction of sp³-hybridized carbons (Fsp3) is 0.875. The van der Waals surface area contributed by atoms with Crippen molar-refractivity contribution in [3.8, 4) is 0 Å². The Morgan fingerprint density at radius 3 is 3.00 bits per heavy atom. The van der Waals surface area contributed by atoms with Crippen LogP contribution in [0.5, 0.6) is 0 Å². The maximum atomic E-state index is 11.3. The van der Waals surface area contributed by atoms with Crippen LogP contribution in [0.1, 0.15) is 19.3 Å². The van der Waals surface area contributed by atoms with Crippen molar-refractivity contribution in [1.29, 1.82) is 0 Å². The van der Waals surface area contributed by atoms with Gasteiger partial charge in [-0.05, 0) is 25.3 Å². The van der Waals surface area contributed by atoms with E-state index in [-0.39, 0.29) is 11.8 Å². The molecule has 70 valence electrons. The van der Waals surface area contributed by atoms with E-state index >= 15 is 0 Å². The third-order valence-electron chi connectivity index (χ3n) is 2.50. The maximum Gasteiger partial charge on any atom is 0.246 e. The molecular weight excluding hydrogens is 156 g/mol. The molecule has 0 spiro atoms. The number of hydrogen-bond donors (Lipinski definition) is 2. The summed E-state index contributed by atoms with van der Waals surface area (Å²) in [5.41, 5.74) is 7.89. The molecule has 1 amide bonds. The normalized spacial score (nSPS) is 28.8. The van der Waals surface area contributed by atoms with E-state index in [1.54, 1.807) is 0 Å². The second-order valence-electron chi connectivity index (χ2n) is 3.20. The highest BCUT2D eigenvalue weighted by molar-refractivity contribution is 5.78. The number of carbonyl (C=O) groups is 1. The first kappa shape index (κ1) is 9.48. The molecule has 1 aliphatic rings. The lowest BCUT2D eigenvalue weighted by atomic mass is 9.96. The molecule has 2 unspecified atom stereocenters. The van der Waals surface area contributed by atoms with Gasteiger partial charge in [0.05, 0.1) is 7.11 Å². The molecule has 2 atom stereocenters. The van der Waals surface area contributed by atoms with Crippen LogP contribution < -0.4 is 11.2 Å². The Hall–Kier alpha value is -0.610. The number of carbonyl (C=O) groups excluding carboxylic acids is 1. The summed E-state index contributed by atoms with van der Waals surface area (Å²) < 4.78 is 0. The molecule has 0 aliphatic heterocycles. The van der Waals surface area contributed by atoms with Gasteiger partial charge >= 0.3 is 0 Å². The molecular formula is C8H16N2O2. The van der Waals surface area contributed by atoms with Crippen molar-refractivity contribution in [3.63, 3.8) is 0 Å². The van der Waals surface area contributed by atoms with Gasteiger partial charge in [-0.15, -0.1) is 0 Å². The van der Waals surface area contributed by atoms with Crippen LogP contribution in [0.2, 0.25) is 0 Å². The first-order valence-corrected chi connectivity index (χ1v) is 4.32. The standard InChI is InChI=1S/C8H16N2O2/c1-12-10-8(11)7-4-2-3-6(7)5-9/h6-7H,2-5,9H2,1H3,(H,10,11). The summed E-state index contributed by atoms with van der Waals surface area (Å²) >= 11 is 0. The highest BCUT2D eigenvalue weighted by atomic mass is 16.6. The summed E-state index contributed by atoms with van der Waals surface area (Å²) in [4.78, 5) is 15.9. The number of nitrogens with one attached hydrogen (secondary N) is 1. The van der Waals surface area contributed by atoms with E-state index < -0.39 is 0 Å². The third kappa shape index (κ3) is 1.95. The fourth-order valence-electron chi connectivity index (χ4n) is 1.84. The van der Waals surface area contributed by atoms with Gasteiger partial charge in [0.15, 0.2) is 0 Å². The van der Waals surface area contributed by atoms with E-state index in [2.05, 4.69) is 10.3 Å². The number of hydroxylamine groups is 1. The molecule has 0 heterocycles. The van der Waals surface area contributed by atoms with Crippen molar-refractivity contribution in [2.24, 2.45) is 17.6 Å². The van der Waals surface area contributed by atoms with Crippen molar-refractivity contribution in [3.05, 3.63) is 0 Å². The molecule has 0 aromatic carbocycles. The van der Waals surface area contributed by atoms with Crippen LogP contribution >= 0.6 is 0 Å². The molecule has 1 rings (SSSR count). The Bertz CT molecular complexity index is 161. The van der Waals surface area contributed by atoms with Crippen molar-refractivity contribution in [1.82, 2.24) is 5.48 Å². The van der Waals surface area contributed by atoms with E-state index in [9.17, 15) is 4.79 Å². The van der Waals surface area contributed by atoms with Gasteiger partial charge in [0.1, 0.15) is 0 Å². The maximum absolute atomic E-state index is 11.3. The van der Waals surface area contributed by atoms with Crippen LogP contribution in [-0.2, 0) is 9.63 Å². The van der Waals surface area contributed by atoms with Crippen molar-refractivity contribution >= 4 is 5.91 Å². The minimum Gasteiger partial charge on any atom is -0.330 e. The number of amides is 1. The number of nitrogens with two attached hydrogens (primary N) is 1. The predicted octanol–water partition coefficient (Wildman–Crippen LogP) is 0.0390. The average Bonchev–Trinajstić information content (AvgIpc) is 2.51. The zero-order valence-corrected chi connectivity index (χ0v) is 7.38. The average molecular weight is 172 g/mol. The molecule has 0 aromatic heterocycles. The molecule has 1 saturated carbocycles. The second-order valence-corrected chi connectivity index (χ2v) is 3.20. The summed E-state index contributed by atoms with van der Waals surface area (Å²) in [7, 11) is 1.45. The highest BCUT2D eigenvalue weighted by Gasteiger charge is 2.31. The Balaban J connectivity index is 2.43. The van der Waals surface area contributed by atoms with Gasteiger partial charge in [-0.2, -0.15) is 0 Å². The Morgan fingerprint density at radius 1 is 1.67 bits per heavy atom. The lowest BCUT2D eigenvalue weighted by Gasteiger charge is -2.15. The van der Waals surface area contributed by atoms with Crippen LogP contribution in [0.3, 0.4) is 0 Å². The van der Waals surface area contributed by atoms with Crippen LogP contribution in [0, 0.1) is 11.8 Å². The number of rotatable bonds is 3. The molecule has 4 nitrogen and oxygen atoms in total. The summed E-state index contributed by atoms with van der Waals surface area (Å²) in [6, 6.07) is 0. The summed E-state index contributed by atoms with van der Waals surface area (Å²) in [5, 5.41) is 0. The van der Waals surface area contributed by atoms with Gasteiger partial charge in [0.25, 0.3) is 0 Å².